The van der Waals surface area contributed by atoms with Crippen LogP contribution in [0.4, 0.5) is 0 Å². The molecule has 1 amide bonds. The van der Waals surface area contributed by atoms with Crippen molar-refractivity contribution in [3.8, 4) is 5.75 Å². The highest BCUT2D eigenvalue weighted by Crippen LogP contribution is 2.18. The van der Waals surface area contributed by atoms with E-state index in [1.165, 1.54) is 11.9 Å². The number of carbonyl (C=O) groups excluding carboxylic acids is 2. The second-order valence-electron chi connectivity index (χ2n) is 4.22. The van der Waals surface area contributed by atoms with Gasteiger partial charge in [0, 0.05) is 12.1 Å². The quantitative estimate of drug-likeness (QED) is 0.755. The molecule has 0 aromatic heterocycles. The smallest absolute Gasteiger partial charge is 0.325 e. The minimum absolute atomic E-state index is 0.101. The largest absolute Gasteiger partial charge is 0.481 e. The lowest BCUT2D eigenvalue weighted by atomic mass is 10.3. The maximum atomic E-state index is 12.0. The number of hydrogen-bond acceptors (Lipinski definition) is 4. The van der Waals surface area contributed by atoms with Crippen LogP contribution in [-0.2, 0) is 14.3 Å². The molecular weight excluding hydrogens is 282 g/mol. The predicted octanol–water partition coefficient (Wildman–Crippen LogP) is 2.13. The molecule has 6 heteroatoms. The van der Waals surface area contributed by atoms with E-state index in [9.17, 15) is 9.59 Å². The van der Waals surface area contributed by atoms with Crippen molar-refractivity contribution in [3.63, 3.8) is 0 Å². The van der Waals surface area contributed by atoms with E-state index in [2.05, 4.69) is 0 Å². The molecule has 0 heterocycles. The van der Waals surface area contributed by atoms with E-state index in [4.69, 9.17) is 21.1 Å². The summed E-state index contributed by atoms with van der Waals surface area (Å²) in [6.45, 7) is 3.51. The lowest BCUT2D eigenvalue weighted by Crippen LogP contribution is -2.41. The predicted molar refractivity (Wildman–Crippen MR) is 75.8 cm³/mol. The Hall–Kier alpha value is -1.75. The number of hydrogen-bond donors (Lipinski definition) is 0. The van der Waals surface area contributed by atoms with Crippen LogP contribution in [0.3, 0.4) is 0 Å². The second kappa shape index (κ2) is 7.75. The van der Waals surface area contributed by atoms with E-state index in [0.717, 1.165) is 0 Å². The Kier molecular flexibility index (Phi) is 6.31. The van der Waals surface area contributed by atoms with Crippen molar-refractivity contribution in [1.29, 1.82) is 0 Å². The molecule has 1 atom stereocenters. The molecule has 1 aromatic carbocycles. The SMILES string of the molecule is CCOC(=O)CN(C)C(=O)C(C)Oc1cccc(Cl)c1. The molecule has 1 aromatic rings. The van der Waals surface area contributed by atoms with E-state index in [0.29, 0.717) is 10.8 Å². The van der Waals surface area contributed by atoms with Crippen molar-refractivity contribution in [2.45, 2.75) is 20.0 Å². The average molecular weight is 300 g/mol. The summed E-state index contributed by atoms with van der Waals surface area (Å²) >= 11 is 5.84. The minimum atomic E-state index is -0.715. The summed E-state index contributed by atoms with van der Waals surface area (Å²) in [6.07, 6.45) is -0.715. The zero-order chi connectivity index (χ0) is 15.1. The lowest BCUT2D eigenvalue weighted by Gasteiger charge is -2.21. The van der Waals surface area contributed by atoms with E-state index >= 15 is 0 Å². The summed E-state index contributed by atoms with van der Waals surface area (Å²) in [5.74, 6) is -0.251. The first-order chi connectivity index (χ1) is 9.43. The lowest BCUT2D eigenvalue weighted by molar-refractivity contribution is -0.150. The maximum absolute atomic E-state index is 12.0. The molecule has 1 rings (SSSR count). The van der Waals surface area contributed by atoms with Crippen LogP contribution in [0.5, 0.6) is 5.75 Å². The molecule has 0 bridgehead atoms. The van der Waals surface area contributed by atoms with Crippen LogP contribution in [0.15, 0.2) is 24.3 Å². The van der Waals surface area contributed by atoms with Gasteiger partial charge in [-0.1, -0.05) is 17.7 Å². The molecule has 5 nitrogen and oxygen atoms in total. The van der Waals surface area contributed by atoms with Crippen LogP contribution < -0.4 is 4.74 Å². The van der Waals surface area contributed by atoms with Crippen molar-refractivity contribution in [1.82, 2.24) is 4.90 Å². The number of likely N-dealkylation sites (N-methyl/N-ethyl adjacent to an activating group) is 1. The van der Waals surface area contributed by atoms with Gasteiger partial charge in [-0.25, -0.2) is 0 Å². The molecule has 0 fully saturated rings. The first kappa shape index (κ1) is 16.3. The van der Waals surface area contributed by atoms with Gasteiger partial charge in [0.05, 0.1) is 6.61 Å². The van der Waals surface area contributed by atoms with Gasteiger partial charge in [-0.15, -0.1) is 0 Å². The van der Waals surface area contributed by atoms with E-state index in [-0.39, 0.29) is 19.1 Å². The molecule has 0 radical (unpaired) electrons. The minimum Gasteiger partial charge on any atom is -0.481 e. The average Bonchev–Trinajstić information content (AvgIpc) is 2.37. The fourth-order valence-electron chi connectivity index (χ4n) is 1.58. The molecule has 0 saturated carbocycles. The number of amides is 1. The van der Waals surface area contributed by atoms with Crippen molar-refractivity contribution in [2.75, 3.05) is 20.2 Å². The summed E-state index contributed by atoms with van der Waals surface area (Å²) in [5.41, 5.74) is 0. The number of carbonyl (C=O) groups is 2. The fourth-order valence-corrected chi connectivity index (χ4v) is 1.76. The van der Waals surface area contributed by atoms with Gasteiger partial charge < -0.3 is 14.4 Å². The third-order valence-electron chi connectivity index (χ3n) is 2.50. The van der Waals surface area contributed by atoms with Gasteiger partial charge in [-0.05, 0) is 32.0 Å². The highest BCUT2D eigenvalue weighted by atomic mass is 35.5. The number of nitrogens with zero attached hydrogens (tertiary/aromatic N) is 1. The van der Waals surface area contributed by atoms with Crippen molar-refractivity contribution < 1.29 is 19.1 Å². The van der Waals surface area contributed by atoms with Crippen LogP contribution in [0, 0.1) is 0 Å². The normalized spacial score (nSPS) is 11.6. The second-order valence-corrected chi connectivity index (χ2v) is 4.65. The molecular formula is C14H18ClNO4. The van der Waals surface area contributed by atoms with Crippen molar-refractivity contribution in [3.05, 3.63) is 29.3 Å². The first-order valence-electron chi connectivity index (χ1n) is 6.26. The van der Waals surface area contributed by atoms with Crippen LogP contribution in [0.1, 0.15) is 13.8 Å². The zero-order valence-electron chi connectivity index (χ0n) is 11.8. The molecule has 0 saturated heterocycles. The molecule has 1 unspecified atom stereocenters. The van der Waals surface area contributed by atoms with E-state index < -0.39 is 12.1 Å². The van der Waals surface area contributed by atoms with E-state index in [1.54, 1.807) is 38.1 Å². The highest BCUT2D eigenvalue weighted by Gasteiger charge is 2.21. The third-order valence-corrected chi connectivity index (χ3v) is 2.74. The van der Waals surface area contributed by atoms with Crippen molar-refractivity contribution in [2.24, 2.45) is 0 Å². The summed E-state index contributed by atoms with van der Waals surface area (Å²) in [4.78, 5) is 24.6. The standard InChI is InChI=1S/C14H18ClNO4/c1-4-19-13(17)9-16(3)14(18)10(2)20-12-7-5-6-11(15)8-12/h5-8,10H,4,9H2,1-3H3. The molecule has 20 heavy (non-hydrogen) atoms. The van der Waals surface area contributed by atoms with Gasteiger partial charge in [0.25, 0.3) is 5.91 Å². The van der Waals surface area contributed by atoms with Crippen LogP contribution in [0.25, 0.3) is 0 Å². The first-order valence-corrected chi connectivity index (χ1v) is 6.64. The highest BCUT2D eigenvalue weighted by molar-refractivity contribution is 6.30. The van der Waals surface area contributed by atoms with Crippen molar-refractivity contribution >= 4 is 23.5 Å². The Morgan fingerprint density at radius 2 is 2.10 bits per heavy atom. The summed E-state index contributed by atoms with van der Waals surface area (Å²) < 4.78 is 10.3. The maximum Gasteiger partial charge on any atom is 0.325 e. The van der Waals surface area contributed by atoms with Gasteiger partial charge in [0.15, 0.2) is 6.10 Å². The summed E-state index contributed by atoms with van der Waals surface area (Å²) in [5, 5.41) is 0.530. The summed E-state index contributed by atoms with van der Waals surface area (Å²) in [7, 11) is 1.52. The zero-order valence-corrected chi connectivity index (χ0v) is 12.5. The van der Waals surface area contributed by atoms with Gasteiger partial charge in [0.2, 0.25) is 0 Å². The molecule has 0 aliphatic rings. The number of rotatable bonds is 6. The molecule has 0 aliphatic carbocycles. The number of esters is 1. The molecule has 110 valence electrons. The fraction of sp³-hybridized carbons (Fsp3) is 0.429. The third kappa shape index (κ3) is 5.09. The van der Waals surface area contributed by atoms with Crippen LogP contribution >= 0.6 is 11.6 Å². The summed E-state index contributed by atoms with van der Waals surface area (Å²) in [6, 6.07) is 6.78. The van der Waals surface area contributed by atoms with Crippen LogP contribution in [-0.4, -0.2) is 43.1 Å². The number of ether oxygens (including phenoxy) is 2. The van der Waals surface area contributed by atoms with Gasteiger partial charge in [-0.3, -0.25) is 9.59 Å². The Balaban J connectivity index is 2.56. The van der Waals surface area contributed by atoms with Gasteiger partial charge in [0.1, 0.15) is 12.3 Å². The van der Waals surface area contributed by atoms with E-state index in [1.807, 2.05) is 0 Å². The molecule has 0 aliphatic heterocycles. The molecule has 0 spiro atoms. The number of halogens is 1. The topological polar surface area (TPSA) is 55.8 Å². The Morgan fingerprint density at radius 1 is 1.40 bits per heavy atom. The van der Waals surface area contributed by atoms with Crippen LogP contribution in [0.2, 0.25) is 5.02 Å². The number of benzene rings is 1. The molecule has 0 N–H and O–H groups in total. The van der Waals surface area contributed by atoms with Gasteiger partial charge in [-0.2, -0.15) is 0 Å². The Labute approximate surface area is 123 Å². The Bertz CT molecular complexity index is 478. The monoisotopic (exact) mass is 299 g/mol. The Morgan fingerprint density at radius 3 is 2.70 bits per heavy atom. The van der Waals surface area contributed by atoms with Gasteiger partial charge >= 0.3 is 5.97 Å².